The number of nitrogens with two attached hydrogens (primary N) is 1. The first-order valence-electron chi connectivity index (χ1n) is 6.25. The standard InChI is InChI=1S/C14H22N2O4/c1-14(2,3)20-13(17)16-10-6-9(8-15)7-11(18-4)12(10)19-5/h6-7H,8,15H2,1-5H3,(H,16,17). The van der Waals surface area contributed by atoms with E-state index in [4.69, 9.17) is 19.9 Å². The predicted molar refractivity (Wildman–Crippen MR) is 77.3 cm³/mol. The molecule has 6 nitrogen and oxygen atoms in total. The summed E-state index contributed by atoms with van der Waals surface area (Å²) in [5, 5.41) is 2.65. The minimum Gasteiger partial charge on any atom is -0.493 e. The molecule has 0 spiro atoms. The molecule has 1 aromatic carbocycles. The maximum atomic E-state index is 11.8. The third kappa shape index (κ3) is 4.31. The van der Waals surface area contributed by atoms with Crippen molar-refractivity contribution in [3.8, 4) is 11.5 Å². The molecule has 20 heavy (non-hydrogen) atoms. The zero-order chi connectivity index (χ0) is 15.3. The summed E-state index contributed by atoms with van der Waals surface area (Å²) in [4.78, 5) is 11.8. The van der Waals surface area contributed by atoms with Gasteiger partial charge in [-0.3, -0.25) is 5.32 Å². The Morgan fingerprint density at radius 1 is 1.25 bits per heavy atom. The van der Waals surface area contributed by atoms with Crippen LogP contribution >= 0.6 is 0 Å². The van der Waals surface area contributed by atoms with Crippen molar-refractivity contribution in [3.63, 3.8) is 0 Å². The van der Waals surface area contributed by atoms with Gasteiger partial charge in [-0.1, -0.05) is 0 Å². The van der Waals surface area contributed by atoms with Crippen molar-refractivity contribution in [3.05, 3.63) is 17.7 Å². The van der Waals surface area contributed by atoms with E-state index >= 15 is 0 Å². The zero-order valence-electron chi connectivity index (χ0n) is 12.6. The lowest BCUT2D eigenvalue weighted by molar-refractivity contribution is 0.0635. The molecular weight excluding hydrogens is 260 g/mol. The second-order valence-corrected chi connectivity index (χ2v) is 5.21. The van der Waals surface area contributed by atoms with Gasteiger partial charge in [0.25, 0.3) is 0 Å². The Morgan fingerprint density at radius 2 is 1.90 bits per heavy atom. The molecule has 0 atom stereocenters. The van der Waals surface area contributed by atoms with Gasteiger partial charge in [-0.25, -0.2) is 4.79 Å². The number of anilines is 1. The second kappa shape index (κ2) is 6.47. The first kappa shape index (κ1) is 16.1. The molecule has 3 N–H and O–H groups in total. The molecule has 0 saturated heterocycles. The predicted octanol–water partition coefficient (Wildman–Crippen LogP) is 2.51. The van der Waals surface area contributed by atoms with Crippen LogP contribution in [0, 0.1) is 0 Å². The second-order valence-electron chi connectivity index (χ2n) is 5.21. The fourth-order valence-corrected chi connectivity index (χ4v) is 1.65. The first-order chi connectivity index (χ1) is 9.30. The molecule has 0 radical (unpaired) electrons. The van der Waals surface area contributed by atoms with Crippen LogP contribution < -0.4 is 20.5 Å². The van der Waals surface area contributed by atoms with Gasteiger partial charge in [-0.15, -0.1) is 0 Å². The largest absolute Gasteiger partial charge is 0.493 e. The van der Waals surface area contributed by atoms with E-state index in [1.807, 2.05) is 0 Å². The minimum absolute atomic E-state index is 0.323. The summed E-state index contributed by atoms with van der Waals surface area (Å²) in [6.45, 7) is 5.70. The number of hydrogen-bond donors (Lipinski definition) is 2. The van der Waals surface area contributed by atoms with E-state index in [2.05, 4.69) is 5.32 Å². The van der Waals surface area contributed by atoms with Crippen molar-refractivity contribution in [2.45, 2.75) is 32.9 Å². The molecule has 0 unspecified atom stereocenters. The van der Waals surface area contributed by atoms with E-state index in [1.54, 1.807) is 32.9 Å². The first-order valence-corrected chi connectivity index (χ1v) is 6.25. The number of carbonyl (C=O) groups is 1. The Kier molecular flexibility index (Phi) is 5.21. The SMILES string of the molecule is COc1cc(CN)cc(NC(=O)OC(C)(C)C)c1OC. The molecule has 0 aliphatic heterocycles. The van der Waals surface area contributed by atoms with Gasteiger partial charge in [-0.2, -0.15) is 0 Å². The topological polar surface area (TPSA) is 82.8 Å². The number of nitrogens with one attached hydrogen (secondary N) is 1. The molecule has 0 saturated carbocycles. The fourth-order valence-electron chi connectivity index (χ4n) is 1.65. The highest BCUT2D eigenvalue weighted by molar-refractivity contribution is 5.88. The smallest absolute Gasteiger partial charge is 0.412 e. The highest BCUT2D eigenvalue weighted by atomic mass is 16.6. The van der Waals surface area contributed by atoms with Gasteiger partial charge >= 0.3 is 6.09 Å². The van der Waals surface area contributed by atoms with Crippen LogP contribution in [-0.4, -0.2) is 25.9 Å². The van der Waals surface area contributed by atoms with E-state index in [9.17, 15) is 4.79 Å². The van der Waals surface area contributed by atoms with Gasteiger partial charge in [0.05, 0.1) is 19.9 Å². The highest BCUT2D eigenvalue weighted by Crippen LogP contribution is 2.36. The van der Waals surface area contributed by atoms with Crippen molar-refractivity contribution < 1.29 is 19.0 Å². The summed E-state index contributed by atoms with van der Waals surface area (Å²) >= 11 is 0. The lowest BCUT2D eigenvalue weighted by Crippen LogP contribution is -2.27. The molecule has 0 aromatic heterocycles. The summed E-state index contributed by atoms with van der Waals surface area (Å²) in [6, 6.07) is 3.49. The van der Waals surface area contributed by atoms with E-state index in [0.717, 1.165) is 5.56 Å². The molecular formula is C14H22N2O4. The Hall–Kier alpha value is -1.95. The molecule has 0 aliphatic rings. The molecule has 0 fully saturated rings. The fraction of sp³-hybridized carbons (Fsp3) is 0.500. The molecule has 112 valence electrons. The number of ether oxygens (including phenoxy) is 3. The normalized spacial score (nSPS) is 10.9. The summed E-state index contributed by atoms with van der Waals surface area (Å²) < 4.78 is 15.7. The van der Waals surface area contributed by atoms with E-state index < -0.39 is 11.7 Å². The van der Waals surface area contributed by atoms with Crippen LogP contribution in [0.15, 0.2) is 12.1 Å². The van der Waals surface area contributed by atoms with Crippen LogP contribution in [-0.2, 0) is 11.3 Å². The third-order valence-corrected chi connectivity index (χ3v) is 2.41. The Labute approximate surface area is 119 Å². The number of amides is 1. The number of methoxy groups -OCH3 is 2. The van der Waals surface area contributed by atoms with Crippen molar-refractivity contribution >= 4 is 11.8 Å². The molecule has 0 heterocycles. The van der Waals surface area contributed by atoms with Crippen LogP contribution in [0.3, 0.4) is 0 Å². The monoisotopic (exact) mass is 282 g/mol. The quantitative estimate of drug-likeness (QED) is 0.886. The van der Waals surface area contributed by atoms with Gasteiger partial charge in [0.2, 0.25) is 0 Å². The third-order valence-electron chi connectivity index (χ3n) is 2.41. The number of carbonyl (C=O) groups excluding carboxylic acids is 1. The molecule has 1 aromatic rings. The summed E-state index contributed by atoms with van der Waals surface area (Å²) in [5.74, 6) is 0.928. The Bertz CT molecular complexity index is 481. The molecule has 1 amide bonds. The van der Waals surface area contributed by atoms with E-state index in [-0.39, 0.29) is 0 Å². The Morgan fingerprint density at radius 3 is 2.35 bits per heavy atom. The summed E-state index contributed by atoms with van der Waals surface area (Å²) in [6.07, 6.45) is -0.563. The van der Waals surface area contributed by atoms with Crippen LogP contribution in [0.4, 0.5) is 10.5 Å². The average molecular weight is 282 g/mol. The van der Waals surface area contributed by atoms with E-state index in [0.29, 0.717) is 23.7 Å². The van der Waals surface area contributed by atoms with Gasteiger partial charge in [0.1, 0.15) is 5.60 Å². The highest BCUT2D eigenvalue weighted by Gasteiger charge is 2.19. The molecule has 0 bridgehead atoms. The molecule has 6 heteroatoms. The van der Waals surface area contributed by atoms with Crippen molar-refractivity contribution in [1.29, 1.82) is 0 Å². The number of benzene rings is 1. The van der Waals surface area contributed by atoms with Gasteiger partial charge in [0.15, 0.2) is 11.5 Å². The lowest BCUT2D eigenvalue weighted by Gasteiger charge is -2.21. The van der Waals surface area contributed by atoms with Crippen LogP contribution in [0.2, 0.25) is 0 Å². The summed E-state index contributed by atoms with van der Waals surface area (Å²) in [7, 11) is 3.02. The van der Waals surface area contributed by atoms with Gasteiger partial charge in [-0.05, 0) is 38.5 Å². The van der Waals surface area contributed by atoms with Crippen molar-refractivity contribution in [2.75, 3.05) is 19.5 Å². The van der Waals surface area contributed by atoms with Crippen molar-refractivity contribution in [2.24, 2.45) is 5.73 Å². The maximum absolute atomic E-state index is 11.8. The zero-order valence-corrected chi connectivity index (χ0v) is 12.6. The van der Waals surface area contributed by atoms with Crippen molar-refractivity contribution in [1.82, 2.24) is 0 Å². The van der Waals surface area contributed by atoms with Crippen LogP contribution in [0.1, 0.15) is 26.3 Å². The minimum atomic E-state index is -0.577. The van der Waals surface area contributed by atoms with Gasteiger partial charge < -0.3 is 19.9 Å². The maximum Gasteiger partial charge on any atom is 0.412 e. The van der Waals surface area contributed by atoms with Crippen LogP contribution in [0.25, 0.3) is 0 Å². The summed E-state index contributed by atoms with van der Waals surface area (Å²) in [5.41, 5.74) is 6.32. The van der Waals surface area contributed by atoms with Gasteiger partial charge in [0, 0.05) is 6.54 Å². The lowest BCUT2D eigenvalue weighted by atomic mass is 10.1. The van der Waals surface area contributed by atoms with Crippen LogP contribution in [0.5, 0.6) is 11.5 Å². The number of rotatable bonds is 4. The molecule has 0 aliphatic carbocycles. The Balaban J connectivity index is 3.06. The number of hydrogen-bond acceptors (Lipinski definition) is 5. The van der Waals surface area contributed by atoms with E-state index in [1.165, 1.54) is 14.2 Å². The average Bonchev–Trinajstić information content (AvgIpc) is 2.35. The molecule has 1 rings (SSSR count).